The number of rotatable bonds is 11. The van der Waals surface area contributed by atoms with Crippen molar-refractivity contribution < 1.29 is 71.4 Å². The molecule has 0 aromatic heterocycles. The molecule has 12 atom stereocenters. The molecule has 10 rings (SSSR count). The second-order valence-corrected chi connectivity index (χ2v) is 32.0. The number of likely N-dealkylation sites (N-methyl/N-ethyl adjacent to an activating group) is 4. The molecular weight excluding hydrogens is 1450 g/mol. The number of nitrogen functional groups attached to an aromatic ring is 1. The van der Waals surface area contributed by atoms with Gasteiger partial charge in [-0.25, -0.2) is 14.6 Å². The molecule has 3 heterocycles. The molecule has 28 heteroatoms. The highest BCUT2D eigenvalue weighted by molar-refractivity contribution is 6.11. The molecule has 2 saturated carbocycles. The topological polar surface area (TPSA) is 357 Å². The highest BCUT2D eigenvalue weighted by atomic mass is 35.5. The molecule has 2 saturated heterocycles. The summed E-state index contributed by atoms with van der Waals surface area (Å²) >= 11 is 0. The molecule has 12 unspecified atom stereocenters. The molecule has 604 valence electrons. The number of nitrogens with one attached hydrogen (secondary N) is 4. The Morgan fingerprint density at radius 3 is 1.46 bits per heavy atom. The number of carbonyl (C=O) groups is 12. The summed E-state index contributed by atoms with van der Waals surface area (Å²) in [4.78, 5) is 199. The minimum Gasteiger partial charge on any atom is -0.458 e. The largest absolute Gasteiger partial charge is 0.458 e. The van der Waals surface area contributed by atoms with Crippen LogP contribution in [0, 0.1) is 61.2 Å². The molecule has 0 spiro atoms. The smallest absolute Gasteiger partial charge is 0.329 e. The number of aromatic nitrogens is 1. The Morgan fingerprint density at radius 1 is 0.607 bits per heavy atom. The molecule has 8 amide bonds. The number of halogens is 1. The van der Waals surface area contributed by atoms with E-state index in [1.165, 1.54) is 98.7 Å². The van der Waals surface area contributed by atoms with E-state index < -0.39 is 196 Å². The SMILES string of the molecule is CN(C)CCC=C1c2ccccc2C=Cc2ccccc21.Cc1c2oc3c(C)ccc(C(=O)NC4C(=O)NC(C(C)C)C(=O)C5CCCC5C(=O)N(C)CC(=O)N(C)C(C(C)C)C(=O)OC4C)c3nc-2c(C(=O)NC2C(=O)NC(C(C)C)C(=O)C3CCCC3C(=O)N(C)CC(=O)N(C)C(C(C)C)C(=O)OC2C)c(N)c1=O.Cl. The highest BCUT2D eigenvalue weighted by Gasteiger charge is 2.48. The molecule has 4 aliphatic carbocycles. The number of nitrogens with two attached hydrogens (primary N) is 1. The Balaban J connectivity index is 0.000000610. The first-order chi connectivity index (χ1) is 52.4. The Labute approximate surface area is 661 Å². The second kappa shape index (κ2) is 37.0. The van der Waals surface area contributed by atoms with Crippen LogP contribution in [0.15, 0.2) is 76.0 Å². The number of benzene rings is 4. The maximum absolute atomic E-state index is 15.2. The van der Waals surface area contributed by atoms with Gasteiger partial charge in [-0.1, -0.05) is 141 Å². The van der Waals surface area contributed by atoms with Crippen molar-refractivity contribution in [2.24, 2.45) is 47.3 Å². The van der Waals surface area contributed by atoms with Crippen LogP contribution in [0.4, 0.5) is 5.69 Å². The molecule has 7 aliphatic rings. The Bertz CT molecular complexity index is 4490. The molecule has 3 aromatic rings. The Hall–Kier alpha value is -10.1. The van der Waals surface area contributed by atoms with Gasteiger partial charge in [0.2, 0.25) is 40.9 Å². The molecule has 3 aromatic carbocycles. The third-order valence-electron chi connectivity index (χ3n) is 22.2. The van der Waals surface area contributed by atoms with Gasteiger partial charge < -0.3 is 65.4 Å². The predicted octanol–water partition coefficient (Wildman–Crippen LogP) is 7.69. The number of aryl methyl sites for hydroxylation is 1. The lowest BCUT2D eigenvalue weighted by atomic mass is 9.83. The number of nitrogens with zero attached hydrogens (tertiary/aromatic N) is 6. The Morgan fingerprint density at radius 2 is 1.04 bits per heavy atom. The maximum Gasteiger partial charge on any atom is 0.329 e. The van der Waals surface area contributed by atoms with Crippen molar-refractivity contribution in [3.8, 4) is 11.5 Å². The maximum atomic E-state index is 15.2. The normalized spacial score (nSPS) is 24.8. The van der Waals surface area contributed by atoms with Gasteiger partial charge in [0.15, 0.2) is 22.9 Å². The van der Waals surface area contributed by atoms with E-state index in [9.17, 15) is 52.7 Å². The van der Waals surface area contributed by atoms with Crippen molar-refractivity contribution in [2.75, 3.05) is 67.7 Å². The van der Waals surface area contributed by atoms with Gasteiger partial charge in [0.25, 0.3) is 11.8 Å². The minimum atomic E-state index is -1.86. The number of cyclic esters (lactones) is 2. The fraction of sp³-hybridized carbons (Fsp3) is 0.524. The number of hydrogen-bond acceptors (Lipinski definition) is 19. The van der Waals surface area contributed by atoms with Crippen LogP contribution in [0.3, 0.4) is 0 Å². The van der Waals surface area contributed by atoms with Crippen LogP contribution >= 0.6 is 12.4 Å². The number of esters is 2. The van der Waals surface area contributed by atoms with Gasteiger partial charge in [-0.05, 0) is 137 Å². The van der Waals surface area contributed by atoms with Crippen LogP contribution < -0.4 is 32.4 Å². The Kier molecular flexibility index (Phi) is 28.9. The molecule has 6 N–H and O–H groups in total. The molecule has 0 bridgehead atoms. The molecular formula is C84H110ClN11O16. The van der Waals surface area contributed by atoms with E-state index in [4.69, 9.17) is 24.6 Å². The van der Waals surface area contributed by atoms with E-state index in [0.717, 1.165) is 22.8 Å². The standard InChI is InChI=1S/C64H88N10O16.C20H21N.ClH/c1-27(2)44-53(78)35-19-17-21-37(35)61(84)71(13)25-40(75)73(15)50(29(5)6)63(86)88-33(11)46(59(82)67-44)69-57(80)39-24-23-31(9)55-48(39)66-49-42(43(65)52(77)32(10)56(49)90-55)58(81)70-47-34(12)89-64(87)51(30(7)8)74(16)41(76)26-72(14)62(85)38-22-18-20-36(38)54(79)45(28(3)4)68-60(47)83;1-21(2)15-7-12-20-18-10-5-3-8-16(18)13-14-17-9-4-6-11-19(17)20;/h23-24,27-30,33-38,44-47,50-51H,17-22,25-26,65H2,1-16H3,(H,67,82)(H,68,83)(H,69,80)(H,70,81);3-6,8-14H,7,15H2,1-2H3;1H. The molecule has 4 fully saturated rings. The van der Waals surface area contributed by atoms with Gasteiger partial charge in [0.05, 0.1) is 42.0 Å². The lowest BCUT2D eigenvalue weighted by Crippen LogP contribution is -2.59. The number of ketones is 2. The number of ether oxygens (including phenoxy) is 2. The van der Waals surface area contributed by atoms with Crippen LogP contribution in [0.2, 0.25) is 0 Å². The quantitative estimate of drug-likeness (QED) is 0.0471. The van der Waals surface area contributed by atoms with Crippen molar-refractivity contribution in [1.29, 1.82) is 0 Å². The lowest BCUT2D eigenvalue weighted by Gasteiger charge is -2.35. The van der Waals surface area contributed by atoms with Crippen LogP contribution in [0.25, 0.3) is 40.3 Å². The summed E-state index contributed by atoms with van der Waals surface area (Å²) < 4.78 is 18.3. The highest BCUT2D eigenvalue weighted by Crippen LogP contribution is 2.40. The monoisotopic (exact) mass is 1560 g/mol. The second-order valence-electron chi connectivity index (χ2n) is 32.0. The van der Waals surface area contributed by atoms with E-state index in [-0.39, 0.29) is 46.1 Å². The van der Waals surface area contributed by atoms with Crippen LogP contribution in [0.5, 0.6) is 0 Å². The number of carbonyl (C=O) groups excluding carboxylic acids is 12. The molecule has 3 aliphatic heterocycles. The van der Waals surface area contributed by atoms with Crippen molar-refractivity contribution in [3.63, 3.8) is 0 Å². The zero-order valence-corrected chi connectivity index (χ0v) is 68.3. The van der Waals surface area contributed by atoms with Gasteiger partial charge in [0.1, 0.15) is 47.6 Å². The summed E-state index contributed by atoms with van der Waals surface area (Å²) in [7, 11) is 9.90. The number of fused-ring (bicyclic) bond motifs is 6. The first kappa shape index (κ1) is 87.4. The van der Waals surface area contributed by atoms with Crippen LogP contribution in [-0.4, -0.2) is 211 Å². The third-order valence-corrected chi connectivity index (χ3v) is 22.2. The first-order valence-corrected chi connectivity index (χ1v) is 38.5. The van der Waals surface area contributed by atoms with E-state index in [1.54, 1.807) is 62.3 Å². The van der Waals surface area contributed by atoms with E-state index in [1.807, 2.05) is 0 Å². The van der Waals surface area contributed by atoms with Crippen molar-refractivity contribution in [2.45, 2.75) is 176 Å². The van der Waals surface area contributed by atoms with E-state index >= 15 is 9.59 Å². The average molecular weight is 1570 g/mol. The van der Waals surface area contributed by atoms with E-state index in [2.05, 4.69) is 107 Å². The molecule has 112 heavy (non-hydrogen) atoms. The summed E-state index contributed by atoms with van der Waals surface area (Å²) in [5, 5.41) is 10.8. The number of amides is 8. The van der Waals surface area contributed by atoms with Crippen molar-refractivity contribution in [3.05, 3.63) is 121 Å². The zero-order valence-electron chi connectivity index (χ0n) is 67.5. The average Bonchev–Trinajstić information content (AvgIpc) is 0.803. The predicted molar refractivity (Wildman–Crippen MR) is 427 cm³/mol. The summed E-state index contributed by atoms with van der Waals surface area (Å²) in [5.74, 6) is -14.9. The van der Waals surface area contributed by atoms with Gasteiger partial charge in [-0.3, -0.25) is 52.7 Å². The summed E-state index contributed by atoms with van der Waals surface area (Å²) in [6.45, 7) is 19.3. The van der Waals surface area contributed by atoms with Gasteiger partial charge in [-0.2, -0.15) is 0 Å². The number of hydrogen-bond donors (Lipinski definition) is 5. The van der Waals surface area contributed by atoms with Crippen LogP contribution in [-0.2, 0) is 57.4 Å². The number of anilines is 1. The number of Topliss-reactive ketones (excluding diaryl/α,β-unsaturated/α-hetero) is 2. The fourth-order valence-electron chi connectivity index (χ4n) is 15.9. The van der Waals surface area contributed by atoms with Crippen molar-refractivity contribution >= 4 is 118 Å². The first-order valence-electron chi connectivity index (χ1n) is 38.5. The van der Waals surface area contributed by atoms with Gasteiger partial charge in [0, 0.05) is 64.0 Å². The third kappa shape index (κ3) is 18.8. The molecule has 0 radical (unpaired) electrons. The summed E-state index contributed by atoms with van der Waals surface area (Å²) in [6.07, 6.45) is 7.23. The summed E-state index contributed by atoms with van der Waals surface area (Å²) in [5.41, 5.74) is 10.3. The van der Waals surface area contributed by atoms with E-state index in [0.29, 0.717) is 44.1 Å². The van der Waals surface area contributed by atoms with Crippen molar-refractivity contribution in [1.82, 2.24) is 50.8 Å². The minimum absolute atomic E-state index is 0. The van der Waals surface area contributed by atoms with Gasteiger partial charge in [-0.15, -0.1) is 12.4 Å². The van der Waals surface area contributed by atoms with Gasteiger partial charge >= 0.3 is 11.9 Å². The fourth-order valence-corrected chi connectivity index (χ4v) is 15.9. The summed E-state index contributed by atoms with van der Waals surface area (Å²) in [6, 6.07) is 11.6. The zero-order chi connectivity index (χ0) is 81.6. The lowest BCUT2D eigenvalue weighted by molar-refractivity contribution is -0.163. The molecule has 27 nitrogen and oxygen atoms in total. The van der Waals surface area contributed by atoms with Crippen LogP contribution in [0.1, 0.15) is 168 Å².